The van der Waals surface area contributed by atoms with Crippen molar-refractivity contribution in [3.05, 3.63) is 51.7 Å². The monoisotopic (exact) mass is 369 g/mol. The summed E-state index contributed by atoms with van der Waals surface area (Å²) < 4.78 is 13.5. The van der Waals surface area contributed by atoms with E-state index >= 15 is 0 Å². The molecule has 1 aromatic heterocycles. The summed E-state index contributed by atoms with van der Waals surface area (Å²) >= 11 is 1.46. The van der Waals surface area contributed by atoms with E-state index in [4.69, 9.17) is 5.73 Å². The van der Waals surface area contributed by atoms with E-state index < -0.39 is 0 Å². The van der Waals surface area contributed by atoms with Crippen molar-refractivity contribution in [3.8, 4) is 0 Å². The van der Waals surface area contributed by atoms with Crippen LogP contribution in [0.2, 0.25) is 0 Å². The van der Waals surface area contributed by atoms with Crippen LogP contribution < -0.4 is 5.73 Å². The molecule has 1 aromatic carbocycles. The maximum atomic E-state index is 13.5. The molecule has 0 aliphatic carbocycles. The molecule has 2 heterocycles. The zero-order valence-corrected chi connectivity index (χ0v) is 15.1. The van der Waals surface area contributed by atoms with Gasteiger partial charge in [0.1, 0.15) is 11.5 Å². The molecule has 130 valence electrons. The van der Waals surface area contributed by atoms with Crippen LogP contribution in [0.25, 0.3) is 0 Å². The Kier molecular flexibility index (Phi) is 6.32. The molecule has 0 saturated carbocycles. The molecule has 2 aromatic rings. The van der Waals surface area contributed by atoms with Crippen LogP contribution in [0.4, 0.5) is 4.39 Å². The maximum absolute atomic E-state index is 13.5. The van der Waals surface area contributed by atoms with E-state index in [1.165, 1.54) is 23.5 Å². The van der Waals surface area contributed by atoms with E-state index in [1.807, 2.05) is 11.0 Å². The van der Waals surface area contributed by atoms with E-state index in [0.717, 1.165) is 17.0 Å². The molecular formula is C17H21ClFN3OS. The number of hydrogen-bond acceptors (Lipinski definition) is 4. The number of halogens is 2. The third-order valence-corrected chi connectivity index (χ3v) is 5.04. The summed E-state index contributed by atoms with van der Waals surface area (Å²) in [6.07, 6.45) is 1.52. The van der Waals surface area contributed by atoms with Gasteiger partial charge >= 0.3 is 0 Å². The molecule has 3 rings (SSSR count). The lowest BCUT2D eigenvalue weighted by molar-refractivity contribution is 0.0726. The predicted molar refractivity (Wildman–Crippen MR) is 96.1 cm³/mol. The molecule has 2 unspecified atom stereocenters. The van der Waals surface area contributed by atoms with Crippen LogP contribution in [0.3, 0.4) is 0 Å². The number of nitrogens with zero attached hydrogens (tertiary/aromatic N) is 2. The zero-order chi connectivity index (χ0) is 16.4. The Hall–Kier alpha value is -1.50. The minimum atomic E-state index is -0.270. The van der Waals surface area contributed by atoms with Crippen LogP contribution in [0, 0.1) is 11.7 Å². The summed E-state index contributed by atoms with van der Waals surface area (Å²) in [5, 5.41) is 2.67. The number of carbonyl (C=O) groups excluding carboxylic acids is 1. The lowest BCUT2D eigenvalue weighted by atomic mass is 10.0. The fourth-order valence-electron chi connectivity index (χ4n) is 3.09. The van der Waals surface area contributed by atoms with Crippen molar-refractivity contribution in [1.29, 1.82) is 0 Å². The largest absolute Gasteiger partial charge is 0.330 e. The molecule has 2 N–H and O–H groups in total. The number of rotatable bonds is 4. The molecular weight excluding hydrogens is 349 g/mol. The summed E-state index contributed by atoms with van der Waals surface area (Å²) in [5.74, 6) is 0.0332. The van der Waals surface area contributed by atoms with Crippen molar-refractivity contribution in [3.63, 3.8) is 0 Å². The number of likely N-dealkylation sites (tertiary alicyclic amines) is 1. The van der Waals surface area contributed by atoms with Crippen LogP contribution >= 0.6 is 23.7 Å². The highest BCUT2D eigenvalue weighted by Gasteiger charge is 2.35. The van der Waals surface area contributed by atoms with Crippen LogP contribution in [0.1, 0.15) is 40.4 Å². The van der Waals surface area contributed by atoms with Gasteiger partial charge in [-0.25, -0.2) is 9.37 Å². The fraction of sp³-hybridized carbons (Fsp3) is 0.412. The molecule has 0 bridgehead atoms. The Balaban J connectivity index is 0.00000208. The third-order valence-electron chi connectivity index (χ3n) is 4.13. The Bertz CT molecular complexity index is 709. The van der Waals surface area contributed by atoms with Crippen LogP contribution in [0.5, 0.6) is 0 Å². The van der Waals surface area contributed by atoms with Gasteiger partial charge in [0.15, 0.2) is 0 Å². The third kappa shape index (κ3) is 3.94. The highest BCUT2D eigenvalue weighted by molar-refractivity contribution is 7.09. The minimum Gasteiger partial charge on any atom is -0.330 e. The molecule has 1 amide bonds. The summed E-state index contributed by atoms with van der Waals surface area (Å²) in [5.41, 5.74) is 6.85. The Morgan fingerprint density at radius 3 is 3.00 bits per heavy atom. The van der Waals surface area contributed by atoms with Gasteiger partial charge in [0.2, 0.25) is 0 Å². The normalized spacial score (nSPS) is 20.0. The van der Waals surface area contributed by atoms with Crippen LogP contribution in [-0.2, 0) is 6.42 Å². The van der Waals surface area contributed by atoms with Crippen molar-refractivity contribution >= 4 is 29.7 Å². The predicted octanol–water partition coefficient (Wildman–Crippen LogP) is 3.43. The topological polar surface area (TPSA) is 59.2 Å². The van der Waals surface area contributed by atoms with Gasteiger partial charge in [0.05, 0.1) is 11.0 Å². The van der Waals surface area contributed by atoms with Gasteiger partial charge in [0, 0.05) is 18.3 Å². The van der Waals surface area contributed by atoms with Crippen LogP contribution in [-0.4, -0.2) is 28.9 Å². The first-order valence-electron chi connectivity index (χ1n) is 7.79. The number of amides is 1. The van der Waals surface area contributed by atoms with Gasteiger partial charge in [-0.1, -0.05) is 19.1 Å². The average Bonchev–Trinajstić information content (AvgIpc) is 3.14. The quantitative estimate of drug-likeness (QED) is 0.898. The van der Waals surface area contributed by atoms with Crippen molar-refractivity contribution in [1.82, 2.24) is 9.88 Å². The standard InChI is InChI=1S/C17H20FN3OS.ClH/c1-11-7-15(12-3-2-4-13(18)8-12)21(9-11)17(22)14-10-23-16(20-14)5-6-19;/h2-4,8,10-11,15H,5-7,9,19H2,1H3;1H. The molecule has 0 spiro atoms. The second-order valence-corrected chi connectivity index (χ2v) is 6.98. The van der Waals surface area contributed by atoms with Gasteiger partial charge in [-0.05, 0) is 36.6 Å². The van der Waals surface area contributed by atoms with Crippen LogP contribution in [0.15, 0.2) is 29.6 Å². The van der Waals surface area contributed by atoms with Crippen molar-refractivity contribution in [2.24, 2.45) is 11.7 Å². The van der Waals surface area contributed by atoms with Crippen molar-refractivity contribution in [2.75, 3.05) is 13.1 Å². The number of benzene rings is 1. The Morgan fingerprint density at radius 1 is 1.50 bits per heavy atom. The lowest BCUT2D eigenvalue weighted by Gasteiger charge is -2.24. The highest BCUT2D eigenvalue weighted by Crippen LogP contribution is 2.36. The van der Waals surface area contributed by atoms with E-state index in [-0.39, 0.29) is 30.2 Å². The van der Waals surface area contributed by atoms with Gasteiger partial charge in [0.25, 0.3) is 5.91 Å². The lowest BCUT2D eigenvalue weighted by Crippen LogP contribution is -2.31. The second kappa shape index (κ2) is 8.05. The number of aromatic nitrogens is 1. The highest BCUT2D eigenvalue weighted by atomic mass is 35.5. The second-order valence-electron chi connectivity index (χ2n) is 6.03. The van der Waals surface area contributed by atoms with E-state index in [0.29, 0.717) is 31.1 Å². The molecule has 4 nitrogen and oxygen atoms in total. The van der Waals surface area contributed by atoms with Gasteiger partial charge < -0.3 is 10.6 Å². The summed E-state index contributed by atoms with van der Waals surface area (Å²) in [7, 11) is 0. The van der Waals surface area contributed by atoms with E-state index in [9.17, 15) is 9.18 Å². The van der Waals surface area contributed by atoms with E-state index in [1.54, 1.807) is 11.4 Å². The van der Waals surface area contributed by atoms with Gasteiger partial charge in [-0.15, -0.1) is 23.7 Å². The maximum Gasteiger partial charge on any atom is 0.273 e. The number of nitrogens with two attached hydrogens (primary N) is 1. The SMILES string of the molecule is CC1CC(c2cccc(F)c2)N(C(=O)c2csc(CCN)n2)C1.Cl. The minimum absolute atomic E-state index is 0. The summed E-state index contributed by atoms with van der Waals surface area (Å²) in [4.78, 5) is 19.0. The molecule has 1 fully saturated rings. The molecule has 1 saturated heterocycles. The zero-order valence-electron chi connectivity index (χ0n) is 13.4. The number of thiazole rings is 1. The smallest absolute Gasteiger partial charge is 0.273 e. The van der Waals surface area contributed by atoms with Gasteiger partial charge in [-0.2, -0.15) is 0 Å². The van der Waals surface area contributed by atoms with E-state index in [2.05, 4.69) is 11.9 Å². The number of carbonyl (C=O) groups is 1. The Morgan fingerprint density at radius 2 is 2.29 bits per heavy atom. The fourth-order valence-corrected chi connectivity index (χ4v) is 3.88. The molecule has 0 radical (unpaired) electrons. The number of hydrogen-bond donors (Lipinski definition) is 1. The molecule has 1 aliphatic rings. The van der Waals surface area contributed by atoms with Crippen molar-refractivity contribution < 1.29 is 9.18 Å². The summed E-state index contributed by atoms with van der Waals surface area (Å²) in [6.45, 7) is 3.30. The Labute approximate surface area is 151 Å². The molecule has 1 aliphatic heterocycles. The molecule has 7 heteroatoms. The first kappa shape index (κ1) is 18.8. The summed E-state index contributed by atoms with van der Waals surface area (Å²) in [6, 6.07) is 6.43. The van der Waals surface area contributed by atoms with Gasteiger partial charge in [-0.3, -0.25) is 4.79 Å². The molecule has 2 atom stereocenters. The molecule has 24 heavy (non-hydrogen) atoms. The first-order valence-corrected chi connectivity index (χ1v) is 8.67. The first-order chi connectivity index (χ1) is 11.1. The van der Waals surface area contributed by atoms with Crippen molar-refractivity contribution in [2.45, 2.75) is 25.8 Å². The average molecular weight is 370 g/mol.